The van der Waals surface area contributed by atoms with Crippen molar-refractivity contribution >= 4 is 33.3 Å². The summed E-state index contributed by atoms with van der Waals surface area (Å²) in [5, 5.41) is 0. The highest BCUT2D eigenvalue weighted by Crippen LogP contribution is 2.40. The first-order chi connectivity index (χ1) is 14.0. The molecular weight excluding hydrogens is 426 g/mol. The van der Waals surface area contributed by atoms with Crippen molar-refractivity contribution in [1.82, 2.24) is 0 Å². The van der Waals surface area contributed by atoms with E-state index in [4.69, 9.17) is 4.74 Å². The number of fused-ring (bicyclic) bond motifs is 1. The maximum absolute atomic E-state index is 13.3. The van der Waals surface area contributed by atoms with E-state index in [0.717, 1.165) is 38.1 Å². The molecule has 1 aliphatic rings. The summed E-state index contributed by atoms with van der Waals surface area (Å²) in [7, 11) is 2.03. The number of carbonyl (C=O) groups excluding carboxylic acids is 1. The van der Waals surface area contributed by atoms with Crippen molar-refractivity contribution in [3.05, 3.63) is 99.5 Å². The van der Waals surface area contributed by atoms with Gasteiger partial charge in [0.2, 0.25) is 0 Å². The van der Waals surface area contributed by atoms with Crippen LogP contribution in [0.15, 0.2) is 77.3 Å². The van der Waals surface area contributed by atoms with Crippen molar-refractivity contribution in [3.8, 4) is 5.75 Å². The lowest BCUT2D eigenvalue weighted by Gasteiger charge is -2.32. The maximum Gasteiger partial charge on any atom is 0.322 e. The minimum Gasteiger partial charge on any atom is -0.425 e. The molecule has 0 aromatic heterocycles. The Bertz CT molecular complexity index is 1080. The zero-order chi connectivity index (χ0) is 20.5. The predicted molar refractivity (Wildman–Crippen MR) is 121 cm³/mol. The van der Waals surface area contributed by atoms with Crippen molar-refractivity contribution in [2.24, 2.45) is 0 Å². The number of hydrogen-bond donors (Lipinski definition) is 0. The second-order valence-electron chi connectivity index (χ2n) is 7.30. The normalized spacial score (nSPS) is 15.5. The predicted octanol–water partition coefficient (Wildman–Crippen LogP) is 6.25. The van der Waals surface area contributed by atoms with Gasteiger partial charge in [0.25, 0.3) is 0 Å². The number of para-hydroxylation sites is 1. The Kier molecular flexibility index (Phi) is 5.29. The van der Waals surface area contributed by atoms with Crippen LogP contribution in [0.1, 0.15) is 28.2 Å². The van der Waals surface area contributed by atoms with E-state index in [1.165, 1.54) is 0 Å². The number of esters is 1. The summed E-state index contributed by atoms with van der Waals surface area (Å²) in [6.45, 7) is 3.91. The quantitative estimate of drug-likeness (QED) is 0.351. The van der Waals surface area contributed by atoms with E-state index in [1.54, 1.807) is 0 Å². The Morgan fingerprint density at radius 3 is 2.28 bits per heavy atom. The summed E-state index contributed by atoms with van der Waals surface area (Å²) < 4.78 is 6.90. The van der Waals surface area contributed by atoms with Gasteiger partial charge in [0, 0.05) is 22.9 Å². The SMILES string of the molecule is Cc1cc(Br)cc(C)c1OC(=O)C1C=C(c2ccccc2)N(C)c2ccccc21. The van der Waals surface area contributed by atoms with Crippen LogP contribution in [0.25, 0.3) is 5.70 Å². The van der Waals surface area contributed by atoms with Crippen molar-refractivity contribution in [2.75, 3.05) is 11.9 Å². The van der Waals surface area contributed by atoms with E-state index in [1.807, 2.05) is 81.6 Å². The number of hydrogen-bond acceptors (Lipinski definition) is 3. The molecule has 0 aliphatic carbocycles. The molecule has 3 aromatic rings. The van der Waals surface area contributed by atoms with Crippen molar-refractivity contribution in [1.29, 1.82) is 0 Å². The molecule has 4 heteroatoms. The van der Waals surface area contributed by atoms with Gasteiger partial charge in [-0.05, 0) is 60.4 Å². The molecule has 0 fully saturated rings. The number of ether oxygens (including phenoxy) is 1. The number of benzene rings is 3. The molecule has 0 spiro atoms. The van der Waals surface area contributed by atoms with Gasteiger partial charge in [-0.15, -0.1) is 0 Å². The number of aryl methyl sites for hydroxylation is 2. The van der Waals surface area contributed by atoms with Gasteiger partial charge in [0.1, 0.15) is 11.7 Å². The topological polar surface area (TPSA) is 29.5 Å². The second-order valence-corrected chi connectivity index (χ2v) is 8.22. The first-order valence-electron chi connectivity index (χ1n) is 9.54. The van der Waals surface area contributed by atoms with Crippen LogP contribution in [-0.4, -0.2) is 13.0 Å². The zero-order valence-corrected chi connectivity index (χ0v) is 18.2. The van der Waals surface area contributed by atoms with Crippen LogP contribution in [-0.2, 0) is 4.79 Å². The molecule has 29 heavy (non-hydrogen) atoms. The minimum absolute atomic E-state index is 0.271. The largest absolute Gasteiger partial charge is 0.425 e. The molecule has 1 atom stereocenters. The molecule has 146 valence electrons. The highest BCUT2D eigenvalue weighted by Gasteiger charge is 2.31. The summed E-state index contributed by atoms with van der Waals surface area (Å²) in [6.07, 6.45) is 2.00. The van der Waals surface area contributed by atoms with E-state index < -0.39 is 5.92 Å². The molecule has 0 saturated carbocycles. The Morgan fingerprint density at radius 1 is 0.966 bits per heavy atom. The van der Waals surface area contributed by atoms with Gasteiger partial charge in [0.15, 0.2) is 0 Å². The van der Waals surface area contributed by atoms with Crippen LogP contribution < -0.4 is 9.64 Å². The van der Waals surface area contributed by atoms with Crippen molar-refractivity contribution < 1.29 is 9.53 Å². The van der Waals surface area contributed by atoms with E-state index in [2.05, 4.69) is 33.0 Å². The van der Waals surface area contributed by atoms with Crippen LogP contribution in [0.5, 0.6) is 5.75 Å². The van der Waals surface area contributed by atoms with Gasteiger partial charge in [-0.25, -0.2) is 0 Å². The molecule has 1 heterocycles. The highest BCUT2D eigenvalue weighted by molar-refractivity contribution is 9.10. The monoisotopic (exact) mass is 447 g/mol. The third-order valence-electron chi connectivity index (χ3n) is 5.27. The second kappa shape index (κ2) is 7.88. The summed E-state index contributed by atoms with van der Waals surface area (Å²) >= 11 is 3.50. The molecule has 3 nitrogen and oxygen atoms in total. The Hall–Kier alpha value is -2.85. The van der Waals surface area contributed by atoms with Gasteiger partial charge in [-0.2, -0.15) is 0 Å². The number of rotatable bonds is 3. The van der Waals surface area contributed by atoms with E-state index in [-0.39, 0.29) is 5.97 Å². The lowest BCUT2D eigenvalue weighted by Crippen LogP contribution is -2.27. The maximum atomic E-state index is 13.3. The third-order valence-corrected chi connectivity index (χ3v) is 5.73. The van der Waals surface area contributed by atoms with Crippen molar-refractivity contribution in [3.63, 3.8) is 0 Å². The average Bonchev–Trinajstić information content (AvgIpc) is 2.71. The lowest BCUT2D eigenvalue weighted by molar-refractivity contribution is -0.135. The highest BCUT2D eigenvalue weighted by atomic mass is 79.9. The summed E-state index contributed by atoms with van der Waals surface area (Å²) in [4.78, 5) is 15.4. The number of nitrogens with zero attached hydrogens (tertiary/aromatic N) is 1. The third kappa shape index (κ3) is 3.73. The van der Waals surface area contributed by atoms with Gasteiger partial charge in [0.05, 0.1) is 0 Å². The molecule has 1 unspecified atom stereocenters. The van der Waals surface area contributed by atoms with E-state index >= 15 is 0 Å². The lowest BCUT2D eigenvalue weighted by atomic mass is 9.90. The molecule has 0 N–H and O–H groups in total. The standard InChI is InChI=1S/C25H22BrNO2/c1-16-13-19(26)14-17(2)24(16)29-25(28)21-15-23(18-9-5-4-6-10-18)27(3)22-12-8-7-11-20(21)22/h4-15,21H,1-3H3. The van der Waals surface area contributed by atoms with E-state index in [9.17, 15) is 4.79 Å². The molecule has 0 amide bonds. The summed E-state index contributed by atoms with van der Waals surface area (Å²) in [6, 6.07) is 22.0. The molecule has 4 rings (SSSR count). The fourth-order valence-electron chi connectivity index (χ4n) is 3.86. The molecule has 0 bridgehead atoms. The smallest absolute Gasteiger partial charge is 0.322 e. The fourth-order valence-corrected chi connectivity index (χ4v) is 4.55. The number of halogens is 1. The summed E-state index contributed by atoms with van der Waals surface area (Å²) in [5.74, 6) is -0.114. The number of anilines is 1. The van der Waals surface area contributed by atoms with Gasteiger partial charge in [-0.3, -0.25) is 4.79 Å². The van der Waals surface area contributed by atoms with Crippen LogP contribution in [0.4, 0.5) is 5.69 Å². The Balaban J connectivity index is 1.76. The summed E-state index contributed by atoms with van der Waals surface area (Å²) in [5.41, 5.74) is 5.89. The van der Waals surface area contributed by atoms with Crippen LogP contribution in [0, 0.1) is 13.8 Å². The van der Waals surface area contributed by atoms with Crippen LogP contribution >= 0.6 is 15.9 Å². The van der Waals surface area contributed by atoms with Crippen molar-refractivity contribution in [2.45, 2.75) is 19.8 Å². The van der Waals surface area contributed by atoms with Gasteiger partial charge >= 0.3 is 5.97 Å². The molecule has 1 aliphatic heterocycles. The van der Waals surface area contributed by atoms with Gasteiger partial charge in [-0.1, -0.05) is 64.5 Å². The minimum atomic E-state index is -0.472. The number of carbonyl (C=O) groups is 1. The molecule has 0 saturated heterocycles. The fraction of sp³-hybridized carbons (Fsp3) is 0.160. The molecular formula is C25H22BrNO2. The molecule has 0 radical (unpaired) electrons. The Morgan fingerprint density at radius 2 is 1.59 bits per heavy atom. The zero-order valence-electron chi connectivity index (χ0n) is 16.6. The molecule has 3 aromatic carbocycles. The van der Waals surface area contributed by atoms with E-state index in [0.29, 0.717) is 5.75 Å². The first-order valence-corrected chi connectivity index (χ1v) is 10.3. The van der Waals surface area contributed by atoms with Crippen LogP contribution in [0.2, 0.25) is 0 Å². The Labute approximate surface area is 179 Å². The average molecular weight is 448 g/mol. The van der Waals surface area contributed by atoms with Gasteiger partial charge < -0.3 is 9.64 Å². The van der Waals surface area contributed by atoms with Crippen LogP contribution in [0.3, 0.4) is 0 Å². The first kappa shape index (κ1) is 19.5.